The molecule has 0 saturated carbocycles. The van der Waals surface area contributed by atoms with E-state index in [4.69, 9.17) is 4.52 Å². The molecule has 3 aromatic heterocycles. The molecule has 0 aliphatic carbocycles. The number of aryl methyl sites for hydroxylation is 1. The van der Waals surface area contributed by atoms with Gasteiger partial charge in [-0.25, -0.2) is 9.97 Å². The zero-order valence-corrected chi connectivity index (χ0v) is 18.1. The normalized spacial score (nSPS) is 12.5. The Morgan fingerprint density at radius 2 is 1.88 bits per heavy atom. The Balaban J connectivity index is 1.60. The second kappa shape index (κ2) is 7.92. The smallest absolute Gasteiger partial charge is 0.259 e. The predicted molar refractivity (Wildman–Crippen MR) is 122 cm³/mol. The molecule has 0 bridgehead atoms. The van der Waals surface area contributed by atoms with Crippen LogP contribution in [-0.2, 0) is 0 Å². The molecule has 5 aromatic rings. The van der Waals surface area contributed by atoms with Crippen molar-refractivity contribution >= 4 is 28.0 Å². The van der Waals surface area contributed by atoms with E-state index >= 15 is 0 Å². The summed E-state index contributed by atoms with van der Waals surface area (Å²) in [4.78, 5) is 25.6. The summed E-state index contributed by atoms with van der Waals surface area (Å²) in [6, 6.07) is 17.4. The summed E-state index contributed by atoms with van der Waals surface area (Å²) in [5.74, 6) is -0.0618. The van der Waals surface area contributed by atoms with E-state index in [0.717, 1.165) is 27.9 Å². The first kappa shape index (κ1) is 19.9. The molecule has 0 aliphatic rings. The van der Waals surface area contributed by atoms with Crippen molar-refractivity contribution in [3.8, 4) is 0 Å². The zero-order valence-electron chi connectivity index (χ0n) is 18.1. The minimum atomic E-state index is -0.345. The Morgan fingerprint density at radius 3 is 2.66 bits per heavy atom. The highest BCUT2D eigenvalue weighted by Crippen LogP contribution is 2.28. The molecule has 160 valence electrons. The Bertz CT molecular complexity index is 1420. The fraction of sp³-hybridized carbons (Fsp3) is 0.200. The molecule has 0 fully saturated rings. The molecule has 5 rings (SSSR count). The summed E-state index contributed by atoms with van der Waals surface area (Å²) < 4.78 is 5.39. The molecule has 1 unspecified atom stereocenters. The van der Waals surface area contributed by atoms with E-state index in [2.05, 4.69) is 25.4 Å². The first-order valence-corrected chi connectivity index (χ1v) is 10.6. The molecule has 32 heavy (non-hydrogen) atoms. The topological polar surface area (TPSA) is 96.7 Å². The standard InChI is InChI=1S/C25H23N5O2/c1-14(2)20-12-18(22-15(3)30-32-25(22)28-20)24(31)29-23(16-7-5-4-6-8-16)17-9-10-19-21(11-17)27-13-26-19/h4-14,23H,1-3H3,(H,26,27)(H,29,31). The summed E-state index contributed by atoms with van der Waals surface area (Å²) in [5.41, 5.74) is 6.06. The highest BCUT2D eigenvalue weighted by molar-refractivity contribution is 6.06. The van der Waals surface area contributed by atoms with Gasteiger partial charge in [-0.15, -0.1) is 0 Å². The van der Waals surface area contributed by atoms with E-state index in [1.165, 1.54) is 0 Å². The van der Waals surface area contributed by atoms with Crippen LogP contribution in [0.5, 0.6) is 0 Å². The number of hydrogen-bond acceptors (Lipinski definition) is 5. The van der Waals surface area contributed by atoms with E-state index in [0.29, 0.717) is 22.4 Å². The molecule has 0 spiro atoms. The maximum atomic E-state index is 13.6. The van der Waals surface area contributed by atoms with Crippen LogP contribution < -0.4 is 5.32 Å². The summed E-state index contributed by atoms with van der Waals surface area (Å²) in [5, 5.41) is 7.90. The Kier molecular flexibility index (Phi) is 4.93. The van der Waals surface area contributed by atoms with Gasteiger partial charge in [-0.2, -0.15) is 0 Å². The Labute approximate surface area is 184 Å². The second-order valence-corrected chi connectivity index (χ2v) is 8.19. The number of rotatable bonds is 5. The number of aromatic amines is 1. The fourth-order valence-electron chi connectivity index (χ4n) is 3.93. The number of benzene rings is 2. The van der Waals surface area contributed by atoms with Crippen molar-refractivity contribution in [2.24, 2.45) is 0 Å². The number of amides is 1. The van der Waals surface area contributed by atoms with Crippen LogP contribution in [0.1, 0.15) is 58.7 Å². The van der Waals surface area contributed by atoms with Crippen LogP contribution in [0.4, 0.5) is 0 Å². The van der Waals surface area contributed by atoms with Crippen molar-refractivity contribution in [2.45, 2.75) is 32.7 Å². The Morgan fingerprint density at radius 1 is 1.06 bits per heavy atom. The lowest BCUT2D eigenvalue weighted by Gasteiger charge is -2.20. The SMILES string of the molecule is Cc1noc2nc(C(C)C)cc(C(=O)NC(c3ccccc3)c3ccc4nc[nH]c4c3)c12. The number of imidazole rings is 1. The number of carbonyl (C=O) groups excluding carboxylic acids is 1. The first-order valence-electron chi connectivity index (χ1n) is 10.6. The number of nitrogens with zero attached hydrogens (tertiary/aromatic N) is 3. The summed E-state index contributed by atoms with van der Waals surface area (Å²) >= 11 is 0. The lowest BCUT2D eigenvalue weighted by molar-refractivity contribution is 0.0944. The minimum absolute atomic E-state index is 0.143. The molecule has 1 amide bonds. The lowest BCUT2D eigenvalue weighted by atomic mass is 9.97. The van der Waals surface area contributed by atoms with Gasteiger partial charge in [-0.3, -0.25) is 4.79 Å². The highest BCUT2D eigenvalue weighted by atomic mass is 16.5. The van der Waals surface area contributed by atoms with Crippen molar-refractivity contribution in [1.82, 2.24) is 25.4 Å². The number of aromatic nitrogens is 4. The quantitative estimate of drug-likeness (QED) is 0.411. The third-order valence-electron chi connectivity index (χ3n) is 5.66. The minimum Gasteiger partial charge on any atom is -0.345 e. The average Bonchev–Trinajstić information content (AvgIpc) is 3.43. The van der Waals surface area contributed by atoms with Gasteiger partial charge in [0.25, 0.3) is 11.6 Å². The number of nitrogens with one attached hydrogen (secondary N) is 2. The van der Waals surface area contributed by atoms with Crippen LogP contribution >= 0.6 is 0 Å². The van der Waals surface area contributed by atoms with Crippen molar-refractivity contribution < 1.29 is 9.32 Å². The molecule has 0 radical (unpaired) electrons. The maximum absolute atomic E-state index is 13.6. The number of fused-ring (bicyclic) bond motifs is 2. The zero-order chi connectivity index (χ0) is 22.2. The molecule has 2 N–H and O–H groups in total. The number of H-pyrrole nitrogens is 1. The molecule has 7 nitrogen and oxygen atoms in total. The van der Waals surface area contributed by atoms with E-state index < -0.39 is 0 Å². The molecular formula is C25H23N5O2. The van der Waals surface area contributed by atoms with Gasteiger partial charge in [0, 0.05) is 5.69 Å². The predicted octanol–water partition coefficient (Wildman–Crippen LogP) is 5.05. The first-order chi connectivity index (χ1) is 15.5. The van der Waals surface area contributed by atoms with Gasteiger partial charge < -0.3 is 14.8 Å². The summed E-state index contributed by atoms with van der Waals surface area (Å²) in [6.07, 6.45) is 1.67. The van der Waals surface area contributed by atoms with E-state index in [1.54, 1.807) is 6.33 Å². The fourth-order valence-corrected chi connectivity index (χ4v) is 3.93. The van der Waals surface area contributed by atoms with Gasteiger partial charge in [0.15, 0.2) is 0 Å². The second-order valence-electron chi connectivity index (χ2n) is 8.19. The van der Waals surface area contributed by atoms with Gasteiger partial charge in [-0.1, -0.05) is 55.4 Å². The summed E-state index contributed by atoms with van der Waals surface area (Å²) in [7, 11) is 0. The molecule has 3 heterocycles. The third kappa shape index (κ3) is 3.51. The molecular weight excluding hydrogens is 402 g/mol. The van der Waals surface area contributed by atoms with E-state index in [-0.39, 0.29) is 17.9 Å². The lowest BCUT2D eigenvalue weighted by Crippen LogP contribution is -2.29. The molecule has 7 heteroatoms. The van der Waals surface area contributed by atoms with Gasteiger partial charge in [0.05, 0.1) is 40.0 Å². The van der Waals surface area contributed by atoms with Gasteiger partial charge in [0.1, 0.15) is 0 Å². The third-order valence-corrected chi connectivity index (χ3v) is 5.66. The van der Waals surface area contributed by atoms with Crippen molar-refractivity contribution in [3.63, 3.8) is 0 Å². The average molecular weight is 425 g/mol. The van der Waals surface area contributed by atoms with Gasteiger partial charge in [0.2, 0.25) is 0 Å². The van der Waals surface area contributed by atoms with Crippen molar-refractivity contribution in [3.05, 3.63) is 89.0 Å². The van der Waals surface area contributed by atoms with Crippen LogP contribution in [-0.4, -0.2) is 26.0 Å². The van der Waals surface area contributed by atoms with E-state index in [9.17, 15) is 4.79 Å². The number of carbonyl (C=O) groups is 1. The van der Waals surface area contributed by atoms with Crippen LogP contribution in [0.2, 0.25) is 0 Å². The number of pyridine rings is 1. The molecule has 0 aliphatic heterocycles. The maximum Gasteiger partial charge on any atom is 0.259 e. The van der Waals surface area contributed by atoms with Crippen LogP contribution in [0.25, 0.3) is 22.1 Å². The molecule has 0 saturated heterocycles. The van der Waals surface area contributed by atoms with Crippen LogP contribution in [0, 0.1) is 6.92 Å². The van der Waals surface area contributed by atoms with Crippen LogP contribution in [0.15, 0.2) is 65.4 Å². The van der Waals surface area contributed by atoms with E-state index in [1.807, 2.05) is 75.4 Å². The van der Waals surface area contributed by atoms with Gasteiger partial charge >= 0.3 is 0 Å². The monoisotopic (exact) mass is 425 g/mol. The van der Waals surface area contributed by atoms with Crippen molar-refractivity contribution in [2.75, 3.05) is 0 Å². The Hall–Kier alpha value is -4.00. The highest BCUT2D eigenvalue weighted by Gasteiger charge is 2.23. The van der Waals surface area contributed by atoms with Crippen LogP contribution in [0.3, 0.4) is 0 Å². The van der Waals surface area contributed by atoms with Crippen molar-refractivity contribution in [1.29, 1.82) is 0 Å². The van der Waals surface area contributed by atoms with Gasteiger partial charge in [-0.05, 0) is 42.2 Å². The largest absolute Gasteiger partial charge is 0.345 e. The summed E-state index contributed by atoms with van der Waals surface area (Å²) in [6.45, 7) is 5.89. The number of hydrogen-bond donors (Lipinski definition) is 2. The molecule has 2 aromatic carbocycles. The molecule has 1 atom stereocenters.